The van der Waals surface area contributed by atoms with Crippen molar-refractivity contribution in [3.05, 3.63) is 47.3 Å². The number of hydrogen-bond donors (Lipinski definition) is 2. The molecular formula is C17H15FN2O3S. The highest BCUT2D eigenvalue weighted by atomic mass is 32.1. The molecule has 0 bridgehead atoms. The lowest BCUT2D eigenvalue weighted by molar-refractivity contribution is 0.217. The van der Waals surface area contributed by atoms with Gasteiger partial charge in [0, 0.05) is 28.5 Å². The van der Waals surface area contributed by atoms with Crippen molar-refractivity contribution in [3.63, 3.8) is 0 Å². The molecule has 2 heterocycles. The highest BCUT2D eigenvalue weighted by Crippen LogP contribution is 2.53. The number of fused-ring (bicyclic) bond motifs is 4. The molecule has 0 fully saturated rings. The van der Waals surface area contributed by atoms with Gasteiger partial charge in [0.2, 0.25) is 0 Å². The van der Waals surface area contributed by atoms with E-state index < -0.39 is 11.4 Å². The van der Waals surface area contributed by atoms with E-state index in [4.69, 9.17) is 19.9 Å². The van der Waals surface area contributed by atoms with Gasteiger partial charge in [-0.1, -0.05) is 0 Å². The largest absolute Gasteiger partial charge is 0.497 e. The van der Waals surface area contributed by atoms with Gasteiger partial charge in [0.05, 0.1) is 13.7 Å². The maximum atomic E-state index is 14.6. The van der Waals surface area contributed by atoms with E-state index in [1.165, 1.54) is 13.2 Å². The summed E-state index contributed by atoms with van der Waals surface area (Å²) < 4.78 is 30.9. The number of hydrogen-bond acceptors (Lipinski definition) is 6. The molecule has 1 atom stereocenters. The third-order valence-corrected chi connectivity index (χ3v) is 4.61. The zero-order valence-corrected chi connectivity index (χ0v) is 13.8. The number of methoxy groups -OCH3 is 1. The summed E-state index contributed by atoms with van der Waals surface area (Å²) in [7, 11) is 1.49. The number of halogens is 1. The molecule has 0 amide bonds. The van der Waals surface area contributed by atoms with Gasteiger partial charge in [-0.25, -0.2) is 9.38 Å². The molecule has 2 aliphatic rings. The summed E-state index contributed by atoms with van der Waals surface area (Å²) in [4.78, 5) is 5.30. The summed E-state index contributed by atoms with van der Waals surface area (Å²) >= 11 is 4.41. The smallest absolute Gasteiger partial charge is 0.283 e. The van der Waals surface area contributed by atoms with Crippen molar-refractivity contribution in [2.24, 2.45) is 10.7 Å². The average molecular weight is 346 g/mol. The Bertz CT molecular complexity index is 871. The van der Waals surface area contributed by atoms with Gasteiger partial charge < -0.3 is 19.9 Å². The van der Waals surface area contributed by atoms with Crippen molar-refractivity contribution in [1.29, 1.82) is 0 Å². The maximum absolute atomic E-state index is 14.6. The molecule has 0 aromatic heterocycles. The van der Waals surface area contributed by atoms with Gasteiger partial charge in [-0.3, -0.25) is 0 Å². The first kappa shape index (κ1) is 15.1. The van der Waals surface area contributed by atoms with Crippen molar-refractivity contribution in [2.75, 3.05) is 13.7 Å². The topological polar surface area (TPSA) is 66.1 Å². The fourth-order valence-corrected chi connectivity index (χ4v) is 3.46. The lowest BCUT2D eigenvalue weighted by Gasteiger charge is -2.39. The minimum atomic E-state index is -0.890. The second-order valence-electron chi connectivity index (χ2n) is 5.68. The van der Waals surface area contributed by atoms with Crippen LogP contribution < -0.4 is 15.2 Å². The summed E-state index contributed by atoms with van der Waals surface area (Å²) in [5, 5.41) is 0. The monoisotopic (exact) mass is 346 g/mol. The van der Waals surface area contributed by atoms with Crippen LogP contribution in [0, 0.1) is 5.82 Å². The Balaban J connectivity index is 2.06. The first-order chi connectivity index (χ1) is 11.5. The van der Waals surface area contributed by atoms with Crippen molar-refractivity contribution in [3.8, 4) is 17.2 Å². The molecule has 0 saturated heterocycles. The van der Waals surface area contributed by atoms with Gasteiger partial charge in [0.15, 0.2) is 11.6 Å². The van der Waals surface area contributed by atoms with E-state index in [1.807, 2.05) is 6.07 Å². The Kier molecular flexibility index (Phi) is 3.35. The number of nitrogens with two attached hydrogens (primary N) is 1. The summed E-state index contributed by atoms with van der Waals surface area (Å²) in [6.07, 6.45) is 0.501. The third kappa shape index (κ3) is 2.11. The number of thiol groups is 1. The molecule has 2 N–H and O–H groups in total. The Morgan fingerprint density at radius 3 is 2.88 bits per heavy atom. The highest BCUT2D eigenvalue weighted by Gasteiger charge is 2.46. The van der Waals surface area contributed by atoms with Gasteiger partial charge in [-0.15, -0.1) is 12.6 Å². The number of aliphatic imine (C=N–C) groups is 1. The minimum absolute atomic E-state index is 0.0628. The van der Waals surface area contributed by atoms with E-state index in [0.29, 0.717) is 30.1 Å². The Hall–Kier alpha value is -2.41. The normalized spacial score (nSPS) is 21.2. The average Bonchev–Trinajstić information content (AvgIpc) is 2.56. The fourth-order valence-electron chi connectivity index (χ4n) is 3.25. The number of amidine groups is 1. The van der Waals surface area contributed by atoms with Gasteiger partial charge in [-0.05, 0) is 24.3 Å². The lowest BCUT2D eigenvalue weighted by atomic mass is 9.77. The molecule has 0 aliphatic carbocycles. The Morgan fingerprint density at radius 2 is 2.12 bits per heavy atom. The van der Waals surface area contributed by atoms with E-state index >= 15 is 0 Å². The molecular weight excluding hydrogens is 331 g/mol. The van der Waals surface area contributed by atoms with Crippen molar-refractivity contribution in [1.82, 2.24) is 0 Å². The maximum Gasteiger partial charge on any atom is 0.283 e. The van der Waals surface area contributed by atoms with Crippen LogP contribution in [0.15, 0.2) is 40.2 Å². The van der Waals surface area contributed by atoms with E-state index in [1.54, 1.807) is 18.2 Å². The van der Waals surface area contributed by atoms with Crippen LogP contribution in [0.4, 0.5) is 4.39 Å². The summed E-state index contributed by atoms with van der Waals surface area (Å²) in [5.41, 5.74) is 6.30. The SMILES string of the molecule is COc1cc(F)c2c(c1)C1(CCOC(N)=N1)c1cc(S)ccc1O2. The van der Waals surface area contributed by atoms with Crippen LogP contribution in [0.3, 0.4) is 0 Å². The molecule has 2 aromatic carbocycles. The van der Waals surface area contributed by atoms with Crippen LogP contribution in [0.5, 0.6) is 17.2 Å². The minimum Gasteiger partial charge on any atom is -0.497 e. The molecule has 2 aromatic rings. The molecule has 1 spiro atoms. The van der Waals surface area contributed by atoms with Crippen LogP contribution >= 0.6 is 12.6 Å². The van der Waals surface area contributed by atoms with Crippen LogP contribution in [-0.4, -0.2) is 19.7 Å². The highest BCUT2D eigenvalue weighted by molar-refractivity contribution is 7.80. The molecule has 5 nitrogen and oxygen atoms in total. The van der Waals surface area contributed by atoms with Crippen molar-refractivity contribution < 1.29 is 18.6 Å². The fraction of sp³-hybridized carbons (Fsp3) is 0.235. The van der Waals surface area contributed by atoms with Crippen LogP contribution in [0.2, 0.25) is 0 Å². The number of benzene rings is 2. The predicted octanol–water partition coefficient (Wildman–Crippen LogP) is 3.21. The second-order valence-corrected chi connectivity index (χ2v) is 6.19. The van der Waals surface area contributed by atoms with Crippen LogP contribution in [0.25, 0.3) is 0 Å². The standard InChI is InChI=1S/C17H15FN2O3S/c1-21-9-6-12-15(13(18)7-9)23-14-3-2-10(24)8-11(14)17(12)4-5-22-16(19)20-17/h2-3,6-8,24H,4-5H2,1H3,(H2,19,20). The molecule has 0 radical (unpaired) electrons. The quantitative estimate of drug-likeness (QED) is 0.778. The summed E-state index contributed by atoms with van der Waals surface area (Å²) in [5.74, 6) is 0.543. The van der Waals surface area contributed by atoms with Gasteiger partial charge >= 0.3 is 0 Å². The number of ether oxygens (including phenoxy) is 3. The van der Waals surface area contributed by atoms with Crippen molar-refractivity contribution >= 4 is 18.7 Å². The molecule has 0 saturated carbocycles. The van der Waals surface area contributed by atoms with E-state index in [0.717, 1.165) is 10.5 Å². The van der Waals surface area contributed by atoms with Crippen LogP contribution in [-0.2, 0) is 10.3 Å². The van der Waals surface area contributed by atoms with E-state index in [9.17, 15) is 4.39 Å². The van der Waals surface area contributed by atoms with Crippen molar-refractivity contribution in [2.45, 2.75) is 16.9 Å². The Morgan fingerprint density at radius 1 is 1.29 bits per heavy atom. The molecule has 1 unspecified atom stereocenters. The van der Waals surface area contributed by atoms with Crippen LogP contribution in [0.1, 0.15) is 17.5 Å². The van der Waals surface area contributed by atoms with Gasteiger partial charge in [-0.2, -0.15) is 0 Å². The van der Waals surface area contributed by atoms with Gasteiger partial charge in [0.1, 0.15) is 17.0 Å². The number of nitrogens with zero attached hydrogens (tertiary/aromatic N) is 1. The first-order valence-corrected chi connectivity index (χ1v) is 7.86. The third-order valence-electron chi connectivity index (χ3n) is 4.33. The lowest BCUT2D eigenvalue weighted by Crippen LogP contribution is -2.38. The van der Waals surface area contributed by atoms with Gasteiger partial charge in [0.25, 0.3) is 6.02 Å². The molecule has 4 rings (SSSR count). The van der Waals surface area contributed by atoms with E-state index in [-0.39, 0.29) is 11.8 Å². The molecule has 124 valence electrons. The first-order valence-electron chi connectivity index (χ1n) is 7.41. The predicted molar refractivity (Wildman–Crippen MR) is 89.7 cm³/mol. The Labute approximate surface area is 143 Å². The van der Waals surface area contributed by atoms with E-state index in [2.05, 4.69) is 17.6 Å². The molecule has 2 aliphatic heterocycles. The number of rotatable bonds is 1. The summed E-state index contributed by atoms with van der Waals surface area (Å²) in [6, 6.07) is 8.49. The second kappa shape index (κ2) is 5.31. The molecule has 24 heavy (non-hydrogen) atoms. The zero-order chi connectivity index (χ0) is 16.9. The molecule has 7 heteroatoms. The summed E-state index contributed by atoms with van der Waals surface area (Å²) in [6.45, 7) is 0.365. The zero-order valence-electron chi connectivity index (χ0n) is 12.9.